The van der Waals surface area contributed by atoms with Gasteiger partial charge in [0.25, 0.3) is 0 Å². The van der Waals surface area contributed by atoms with Crippen molar-refractivity contribution >= 4 is 28.9 Å². The Bertz CT molecular complexity index is 465. The third-order valence-corrected chi connectivity index (χ3v) is 2.22. The summed E-state index contributed by atoms with van der Waals surface area (Å²) in [6.07, 6.45) is 3.21. The fourth-order valence-electron chi connectivity index (χ4n) is 1.15. The zero-order valence-corrected chi connectivity index (χ0v) is 8.63. The van der Waals surface area contributed by atoms with Crippen LogP contribution in [0.4, 0.5) is 5.69 Å². The monoisotopic (exact) mass is 227 g/mol. The average molecular weight is 228 g/mol. The molecule has 5 heteroatoms. The van der Waals surface area contributed by atoms with E-state index in [4.69, 9.17) is 28.9 Å². The number of aromatic nitrogens is 2. The van der Waals surface area contributed by atoms with Crippen molar-refractivity contribution in [3.8, 4) is 5.69 Å². The number of benzene rings is 1. The van der Waals surface area contributed by atoms with Crippen molar-refractivity contribution in [1.29, 1.82) is 0 Å². The predicted octanol–water partition coefficient (Wildman–Crippen LogP) is 2.76. The highest BCUT2D eigenvalue weighted by Crippen LogP contribution is 2.22. The normalized spacial score (nSPS) is 10.4. The summed E-state index contributed by atoms with van der Waals surface area (Å²) in [5.41, 5.74) is 7.10. The lowest BCUT2D eigenvalue weighted by atomic mass is 10.3. The van der Waals surface area contributed by atoms with Gasteiger partial charge in [0.05, 0.1) is 22.6 Å². The van der Waals surface area contributed by atoms with Crippen LogP contribution in [0.3, 0.4) is 0 Å². The van der Waals surface area contributed by atoms with E-state index in [0.29, 0.717) is 15.7 Å². The van der Waals surface area contributed by atoms with Gasteiger partial charge in [0.2, 0.25) is 0 Å². The molecule has 0 atom stereocenters. The van der Waals surface area contributed by atoms with Gasteiger partial charge < -0.3 is 5.73 Å². The van der Waals surface area contributed by atoms with Gasteiger partial charge >= 0.3 is 0 Å². The third-order valence-electron chi connectivity index (χ3n) is 1.79. The Hall–Kier alpha value is -1.19. The molecule has 0 aliphatic heterocycles. The first kappa shape index (κ1) is 9.37. The van der Waals surface area contributed by atoms with Crippen LogP contribution < -0.4 is 5.73 Å². The molecule has 0 unspecified atom stereocenters. The smallest absolute Gasteiger partial charge is 0.0890 e. The standard InChI is InChI=1S/C9H7Cl2N3/c10-6-1-2-8(12)9(3-6)14-5-7(11)4-13-14/h1-5H,12H2. The van der Waals surface area contributed by atoms with Crippen LogP contribution in [0.15, 0.2) is 30.6 Å². The fraction of sp³-hybridized carbons (Fsp3) is 0. The molecule has 0 aliphatic carbocycles. The minimum Gasteiger partial charge on any atom is -0.397 e. The van der Waals surface area contributed by atoms with Crippen molar-refractivity contribution < 1.29 is 0 Å². The van der Waals surface area contributed by atoms with Crippen LogP contribution in [0.1, 0.15) is 0 Å². The molecule has 72 valence electrons. The molecule has 2 N–H and O–H groups in total. The molecule has 0 saturated heterocycles. The van der Waals surface area contributed by atoms with Crippen LogP contribution in [0.2, 0.25) is 10.0 Å². The summed E-state index contributed by atoms with van der Waals surface area (Å²) in [4.78, 5) is 0. The molecule has 0 radical (unpaired) electrons. The Morgan fingerprint density at radius 2 is 2.00 bits per heavy atom. The summed E-state index contributed by atoms with van der Waals surface area (Å²) in [6, 6.07) is 5.19. The molecule has 14 heavy (non-hydrogen) atoms. The number of nitrogens with zero attached hydrogens (tertiary/aromatic N) is 2. The number of nitrogens with two attached hydrogens (primary N) is 1. The van der Waals surface area contributed by atoms with Gasteiger partial charge in [-0.3, -0.25) is 0 Å². The SMILES string of the molecule is Nc1ccc(Cl)cc1-n1cc(Cl)cn1. The fourth-order valence-corrected chi connectivity index (χ4v) is 1.45. The van der Waals surface area contributed by atoms with Gasteiger partial charge in [-0.2, -0.15) is 5.10 Å². The van der Waals surface area contributed by atoms with Gasteiger partial charge in [-0.25, -0.2) is 4.68 Å². The molecule has 1 heterocycles. The van der Waals surface area contributed by atoms with Crippen LogP contribution in [-0.2, 0) is 0 Å². The van der Waals surface area contributed by atoms with Crippen LogP contribution in [0.25, 0.3) is 5.69 Å². The number of hydrogen-bond acceptors (Lipinski definition) is 2. The molecule has 0 amide bonds. The Morgan fingerprint density at radius 1 is 1.21 bits per heavy atom. The molecule has 1 aromatic heterocycles. The van der Waals surface area contributed by atoms with E-state index in [1.807, 2.05) is 0 Å². The largest absolute Gasteiger partial charge is 0.397 e. The molecular formula is C9H7Cl2N3. The van der Waals surface area contributed by atoms with Crippen molar-refractivity contribution in [3.63, 3.8) is 0 Å². The zero-order valence-electron chi connectivity index (χ0n) is 7.11. The number of rotatable bonds is 1. The van der Waals surface area contributed by atoms with E-state index in [1.165, 1.54) is 0 Å². The van der Waals surface area contributed by atoms with Gasteiger partial charge in [0.15, 0.2) is 0 Å². The first-order valence-corrected chi connectivity index (χ1v) is 4.68. The maximum absolute atomic E-state index is 5.84. The van der Waals surface area contributed by atoms with Crippen molar-refractivity contribution in [2.24, 2.45) is 0 Å². The minimum atomic E-state index is 0.560. The van der Waals surface area contributed by atoms with Crippen LogP contribution >= 0.6 is 23.2 Å². The Kier molecular flexibility index (Phi) is 2.35. The highest BCUT2D eigenvalue weighted by molar-refractivity contribution is 6.31. The minimum absolute atomic E-state index is 0.560. The summed E-state index contributed by atoms with van der Waals surface area (Å²) in [5, 5.41) is 5.21. The van der Waals surface area contributed by atoms with Crippen LogP contribution in [-0.4, -0.2) is 9.78 Å². The summed E-state index contributed by atoms with van der Waals surface area (Å²) >= 11 is 11.6. The second-order valence-electron chi connectivity index (χ2n) is 2.81. The number of hydrogen-bond donors (Lipinski definition) is 1. The second-order valence-corrected chi connectivity index (χ2v) is 3.68. The zero-order chi connectivity index (χ0) is 10.1. The Balaban J connectivity index is 2.55. The third kappa shape index (κ3) is 1.69. The molecule has 0 aliphatic rings. The molecule has 0 saturated carbocycles. The lowest BCUT2D eigenvalue weighted by Gasteiger charge is -2.05. The van der Waals surface area contributed by atoms with Crippen molar-refractivity contribution in [3.05, 3.63) is 40.6 Å². The van der Waals surface area contributed by atoms with E-state index in [1.54, 1.807) is 35.3 Å². The van der Waals surface area contributed by atoms with Crippen molar-refractivity contribution in [2.75, 3.05) is 5.73 Å². The maximum atomic E-state index is 5.84. The second kappa shape index (κ2) is 3.52. The number of anilines is 1. The average Bonchev–Trinajstić information content (AvgIpc) is 2.56. The highest BCUT2D eigenvalue weighted by atomic mass is 35.5. The first-order chi connectivity index (χ1) is 6.66. The first-order valence-electron chi connectivity index (χ1n) is 3.92. The van der Waals surface area contributed by atoms with E-state index in [-0.39, 0.29) is 0 Å². The lowest BCUT2D eigenvalue weighted by molar-refractivity contribution is 0.883. The summed E-state index contributed by atoms with van der Waals surface area (Å²) in [7, 11) is 0. The summed E-state index contributed by atoms with van der Waals surface area (Å²) in [6.45, 7) is 0. The van der Waals surface area contributed by atoms with E-state index >= 15 is 0 Å². The summed E-state index contributed by atoms with van der Waals surface area (Å²) in [5.74, 6) is 0. The van der Waals surface area contributed by atoms with Gasteiger partial charge in [-0.15, -0.1) is 0 Å². The van der Waals surface area contributed by atoms with Gasteiger partial charge in [0.1, 0.15) is 0 Å². The van der Waals surface area contributed by atoms with Crippen molar-refractivity contribution in [1.82, 2.24) is 9.78 Å². The Labute approximate surface area is 91.0 Å². The van der Waals surface area contributed by atoms with E-state index < -0.39 is 0 Å². The van der Waals surface area contributed by atoms with Gasteiger partial charge in [-0.1, -0.05) is 23.2 Å². The molecule has 1 aromatic carbocycles. The van der Waals surface area contributed by atoms with E-state index in [9.17, 15) is 0 Å². The summed E-state index contributed by atoms with van der Waals surface area (Å²) < 4.78 is 1.59. The highest BCUT2D eigenvalue weighted by Gasteiger charge is 2.04. The Morgan fingerprint density at radius 3 is 2.64 bits per heavy atom. The van der Waals surface area contributed by atoms with Crippen LogP contribution in [0, 0.1) is 0 Å². The lowest BCUT2D eigenvalue weighted by Crippen LogP contribution is -1.99. The maximum Gasteiger partial charge on any atom is 0.0890 e. The van der Waals surface area contributed by atoms with E-state index in [0.717, 1.165) is 5.69 Å². The molecule has 2 rings (SSSR count). The van der Waals surface area contributed by atoms with Crippen LogP contribution in [0.5, 0.6) is 0 Å². The molecule has 3 nitrogen and oxygen atoms in total. The molecule has 2 aromatic rings. The predicted molar refractivity (Wildman–Crippen MR) is 58.0 cm³/mol. The van der Waals surface area contributed by atoms with Gasteiger partial charge in [0, 0.05) is 11.2 Å². The molecular weight excluding hydrogens is 221 g/mol. The number of halogens is 2. The van der Waals surface area contributed by atoms with Crippen molar-refractivity contribution in [2.45, 2.75) is 0 Å². The van der Waals surface area contributed by atoms with Gasteiger partial charge in [-0.05, 0) is 18.2 Å². The topological polar surface area (TPSA) is 43.8 Å². The quantitative estimate of drug-likeness (QED) is 0.762. The molecule has 0 bridgehead atoms. The number of nitrogen functional groups attached to an aromatic ring is 1. The molecule has 0 fully saturated rings. The molecule has 0 spiro atoms. The van der Waals surface area contributed by atoms with E-state index in [2.05, 4.69) is 5.10 Å².